The molecule has 3 rings (SSSR count). The topological polar surface area (TPSA) is 32.3 Å². The monoisotopic (exact) mass is 334 g/mol. The molecular weight excluding hydrogens is 315 g/mol. The molecule has 0 saturated heterocycles. The van der Waals surface area contributed by atoms with E-state index in [-0.39, 0.29) is 24.1 Å². The van der Waals surface area contributed by atoms with Crippen LogP contribution >= 0.6 is 12.4 Å². The second kappa shape index (κ2) is 7.47. The maximum Gasteiger partial charge on any atom is 0.254 e. The minimum absolute atomic E-state index is 0. The van der Waals surface area contributed by atoms with Crippen LogP contribution in [0.2, 0.25) is 0 Å². The summed E-state index contributed by atoms with van der Waals surface area (Å²) in [6, 6.07) is 12.1. The van der Waals surface area contributed by atoms with E-state index >= 15 is 0 Å². The zero-order valence-electron chi connectivity index (χ0n) is 13.0. The molecule has 23 heavy (non-hydrogen) atoms. The van der Waals surface area contributed by atoms with Crippen molar-refractivity contribution in [2.45, 2.75) is 19.4 Å². The van der Waals surface area contributed by atoms with E-state index in [9.17, 15) is 9.18 Å². The van der Waals surface area contributed by atoms with Crippen LogP contribution in [0.25, 0.3) is 0 Å². The summed E-state index contributed by atoms with van der Waals surface area (Å²) >= 11 is 0. The maximum atomic E-state index is 12.9. The molecule has 1 aliphatic heterocycles. The Bertz CT molecular complexity index is 688. The number of carbonyl (C=O) groups is 1. The molecule has 122 valence electrons. The molecule has 0 spiro atoms. The average Bonchev–Trinajstić information content (AvgIpc) is 2.55. The number of fused-ring (bicyclic) bond motifs is 1. The van der Waals surface area contributed by atoms with Gasteiger partial charge in [-0.3, -0.25) is 4.79 Å². The molecule has 0 aliphatic carbocycles. The van der Waals surface area contributed by atoms with E-state index in [1.807, 2.05) is 18.2 Å². The second-order valence-electron chi connectivity index (χ2n) is 5.65. The highest BCUT2D eigenvalue weighted by molar-refractivity contribution is 5.97. The summed E-state index contributed by atoms with van der Waals surface area (Å²) in [6.07, 6.45) is 1.97. The van der Waals surface area contributed by atoms with Crippen LogP contribution < -0.4 is 5.32 Å². The Hall–Kier alpha value is -2.07. The molecule has 0 saturated carbocycles. The molecule has 1 N–H and O–H groups in total. The summed E-state index contributed by atoms with van der Waals surface area (Å²) in [5, 5.41) is 3.34. The number of nitrogens with one attached hydrogen (secondary N) is 1. The lowest BCUT2D eigenvalue weighted by Crippen LogP contribution is -2.28. The minimum atomic E-state index is -0.263. The lowest BCUT2D eigenvalue weighted by atomic mass is 9.97. The van der Waals surface area contributed by atoms with Gasteiger partial charge >= 0.3 is 0 Å². The highest BCUT2D eigenvalue weighted by Gasteiger charge is 2.20. The summed E-state index contributed by atoms with van der Waals surface area (Å²) in [5.74, 6) is -0.259. The van der Waals surface area contributed by atoms with Crippen LogP contribution in [0.1, 0.15) is 27.9 Å². The molecule has 0 aromatic heterocycles. The van der Waals surface area contributed by atoms with Gasteiger partial charge in [0.1, 0.15) is 5.82 Å². The van der Waals surface area contributed by atoms with Gasteiger partial charge in [0.15, 0.2) is 0 Å². The average molecular weight is 335 g/mol. The zero-order valence-corrected chi connectivity index (χ0v) is 13.8. The molecule has 0 atom stereocenters. The van der Waals surface area contributed by atoms with Crippen molar-refractivity contribution in [1.82, 2.24) is 4.90 Å². The molecule has 2 aromatic carbocycles. The maximum absolute atomic E-state index is 12.9. The van der Waals surface area contributed by atoms with Crippen LogP contribution in [0.15, 0.2) is 42.5 Å². The van der Waals surface area contributed by atoms with Crippen LogP contribution in [0.4, 0.5) is 10.1 Å². The third kappa shape index (κ3) is 3.82. The predicted octanol–water partition coefficient (Wildman–Crippen LogP) is 3.88. The number of anilines is 1. The Morgan fingerprint density at radius 1 is 1.22 bits per heavy atom. The summed E-state index contributed by atoms with van der Waals surface area (Å²) < 4.78 is 12.9. The van der Waals surface area contributed by atoms with Crippen molar-refractivity contribution in [3.8, 4) is 0 Å². The number of benzene rings is 2. The molecule has 1 heterocycles. The first-order valence-corrected chi connectivity index (χ1v) is 7.51. The summed E-state index contributed by atoms with van der Waals surface area (Å²) in [5.41, 5.74) is 3.84. The Labute approximate surface area is 141 Å². The number of nitrogens with zero attached hydrogens (tertiary/aromatic N) is 1. The zero-order chi connectivity index (χ0) is 15.5. The molecule has 1 amide bonds. The van der Waals surface area contributed by atoms with E-state index < -0.39 is 0 Å². The van der Waals surface area contributed by atoms with Crippen LogP contribution in [-0.2, 0) is 13.0 Å². The summed E-state index contributed by atoms with van der Waals surface area (Å²) in [4.78, 5) is 14.4. The molecule has 0 fully saturated rings. The fourth-order valence-corrected chi connectivity index (χ4v) is 2.85. The van der Waals surface area contributed by atoms with E-state index in [2.05, 4.69) is 5.32 Å². The summed E-state index contributed by atoms with van der Waals surface area (Å²) in [6.45, 7) is 1.42. The lowest BCUT2D eigenvalue weighted by molar-refractivity contribution is 0.0784. The summed E-state index contributed by atoms with van der Waals surface area (Å²) in [7, 11) is 1.78. The van der Waals surface area contributed by atoms with E-state index in [1.54, 1.807) is 24.1 Å². The van der Waals surface area contributed by atoms with E-state index in [0.717, 1.165) is 41.8 Å². The Balaban J connectivity index is 0.00000192. The first-order chi connectivity index (χ1) is 10.6. The minimum Gasteiger partial charge on any atom is -0.385 e. The normalized spacial score (nSPS) is 12.6. The fourth-order valence-electron chi connectivity index (χ4n) is 2.85. The SMILES string of the molecule is CN(Cc1ccc(F)cc1)C(=O)c1cccc2c1CCCN2.Cl. The fraction of sp³-hybridized carbons (Fsp3) is 0.278. The van der Waals surface area contributed by atoms with Crippen LogP contribution in [0, 0.1) is 5.82 Å². The number of amides is 1. The van der Waals surface area contributed by atoms with Crippen LogP contribution in [-0.4, -0.2) is 24.4 Å². The Morgan fingerprint density at radius 2 is 1.96 bits per heavy atom. The van der Waals surface area contributed by atoms with Crippen molar-refractivity contribution in [1.29, 1.82) is 0 Å². The van der Waals surface area contributed by atoms with Crippen molar-refractivity contribution in [3.63, 3.8) is 0 Å². The second-order valence-corrected chi connectivity index (χ2v) is 5.65. The first kappa shape index (κ1) is 17.3. The molecule has 1 aliphatic rings. The van der Waals surface area contributed by atoms with Crippen molar-refractivity contribution < 1.29 is 9.18 Å². The van der Waals surface area contributed by atoms with Crippen molar-refractivity contribution >= 4 is 24.0 Å². The van der Waals surface area contributed by atoms with Gasteiger partial charge in [-0.05, 0) is 48.2 Å². The third-order valence-electron chi connectivity index (χ3n) is 4.01. The van der Waals surface area contributed by atoms with Crippen molar-refractivity contribution in [3.05, 3.63) is 65.0 Å². The smallest absolute Gasteiger partial charge is 0.254 e. The van der Waals surface area contributed by atoms with Gasteiger partial charge in [0, 0.05) is 31.4 Å². The van der Waals surface area contributed by atoms with Gasteiger partial charge in [-0.25, -0.2) is 4.39 Å². The van der Waals surface area contributed by atoms with Gasteiger partial charge in [0.2, 0.25) is 0 Å². The molecule has 0 unspecified atom stereocenters. The van der Waals surface area contributed by atoms with E-state index in [4.69, 9.17) is 0 Å². The predicted molar refractivity (Wildman–Crippen MR) is 92.7 cm³/mol. The van der Waals surface area contributed by atoms with Gasteiger partial charge in [0.25, 0.3) is 5.91 Å². The molecule has 0 radical (unpaired) electrons. The molecule has 5 heteroatoms. The van der Waals surface area contributed by atoms with Gasteiger partial charge in [-0.1, -0.05) is 18.2 Å². The van der Waals surface area contributed by atoms with Crippen LogP contribution in [0.3, 0.4) is 0 Å². The molecule has 2 aromatic rings. The number of carbonyl (C=O) groups excluding carboxylic acids is 1. The lowest BCUT2D eigenvalue weighted by Gasteiger charge is -2.23. The van der Waals surface area contributed by atoms with Crippen LogP contribution in [0.5, 0.6) is 0 Å². The Morgan fingerprint density at radius 3 is 2.70 bits per heavy atom. The van der Waals surface area contributed by atoms with Crippen molar-refractivity contribution in [2.24, 2.45) is 0 Å². The van der Waals surface area contributed by atoms with Gasteiger partial charge in [-0.2, -0.15) is 0 Å². The molecule has 3 nitrogen and oxygen atoms in total. The number of hydrogen-bond acceptors (Lipinski definition) is 2. The number of hydrogen-bond donors (Lipinski definition) is 1. The largest absolute Gasteiger partial charge is 0.385 e. The van der Waals surface area contributed by atoms with Gasteiger partial charge < -0.3 is 10.2 Å². The van der Waals surface area contributed by atoms with E-state index in [0.29, 0.717) is 6.54 Å². The standard InChI is InChI=1S/C18H19FN2O.ClH/c1-21(12-13-7-9-14(19)10-8-13)18(22)16-4-2-6-17-15(16)5-3-11-20-17;/h2,4,6-10,20H,3,5,11-12H2,1H3;1H. The number of halogens is 2. The van der Waals surface area contributed by atoms with Crippen molar-refractivity contribution in [2.75, 3.05) is 18.9 Å². The highest BCUT2D eigenvalue weighted by Crippen LogP contribution is 2.26. The molecular formula is C18H20ClFN2O. The number of rotatable bonds is 3. The first-order valence-electron chi connectivity index (χ1n) is 7.51. The Kier molecular flexibility index (Phi) is 5.61. The van der Waals surface area contributed by atoms with Gasteiger partial charge in [0.05, 0.1) is 0 Å². The van der Waals surface area contributed by atoms with Gasteiger partial charge in [-0.15, -0.1) is 12.4 Å². The highest BCUT2D eigenvalue weighted by atomic mass is 35.5. The molecule has 0 bridgehead atoms. The third-order valence-corrected chi connectivity index (χ3v) is 4.01. The van der Waals surface area contributed by atoms with E-state index in [1.165, 1.54) is 12.1 Å². The quantitative estimate of drug-likeness (QED) is 0.924.